The number of rotatable bonds is 5. The third-order valence-electron chi connectivity index (χ3n) is 3.32. The van der Waals surface area contributed by atoms with Crippen molar-refractivity contribution in [1.29, 1.82) is 0 Å². The zero-order chi connectivity index (χ0) is 11.4. The van der Waals surface area contributed by atoms with Crippen molar-refractivity contribution in [1.82, 2.24) is 4.90 Å². The Kier molecular flexibility index (Phi) is 3.78. The summed E-state index contributed by atoms with van der Waals surface area (Å²) in [4.78, 5) is 2.38. The van der Waals surface area contributed by atoms with Crippen LogP contribution in [0.15, 0.2) is 24.3 Å². The van der Waals surface area contributed by atoms with Crippen LogP contribution >= 0.6 is 0 Å². The highest BCUT2D eigenvalue weighted by Gasteiger charge is 2.21. The van der Waals surface area contributed by atoms with Crippen LogP contribution in [0.1, 0.15) is 19.3 Å². The molecule has 1 N–H and O–H groups in total. The molecular formula is C13H19FN2. The highest BCUT2D eigenvalue weighted by Crippen LogP contribution is 2.23. The average molecular weight is 222 g/mol. The van der Waals surface area contributed by atoms with E-state index in [0.29, 0.717) is 0 Å². The number of likely N-dealkylation sites (N-methyl/N-ethyl adjacent to an activating group) is 1. The third kappa shape index (κ3) is 2.95. The molecule has 1 saturated carbocycles. The van der Waals surface area contributed by atoms with Gasteiger partial charge < -0.3 is 10.2 Å². The van der Waals surface area contributed by atoms with Crippen LogP contribution < -0.4 is 5.32 Å². The predicted molar refractivity (Wildman–Crippen MR) is 65.2 cm³/mol. The summed E-state index contributed by atoms with van der Waals surface area (Å²) >= 11 is 0. The van der Waals surface area contributed by atoms with E-state index in [-0.39, 0.29) is 5.82 Å². The van der Waals surface area contributed by atoms with Crippen molar-refractivity contribution in [3.05, 3.63) is 30.1 Å². The molecule has 0 amide bonds. The van der Waals surface area contributed by atoms with E-state index in [0.717, 1.165) is 24.8 Å². The van der Waals surface area contributed by atoms with Gasteiger partial charge in [-0.2, -0.15) is 0 Å². The number of nitrogens with zero attached hydrogens (tertiary/aromatic N) is 1. The van der Waals surface area contributed by atoms with E-state index in [1.807, 2.05) is 6.07 Å². The zero-order valence-corrected chi connectivity index (χ0v) is 9.75. The normalized spacial score (nSPS) is 16.2. The van der Waals surface area contributed by atoms with E-state index >= 15 is 0 Å². The van der Waals surface area contributed by atoms with E-state index in [1.165, 1.54) is 31.4 Å². The SMILES string of the molecule is CN(CCNc1cccc(F)c1)C1CCC1. The van der Waals surface area contributed by atoms with Crippen molar-refractivity contribution in [2.75, 3.05) is 25.5 Å². The highest BCUT2D eigenvalue weighted by molar-refractivity contribution is 5.42. The molecule has 0 saturated heterocycles. The van der Waals surface area contributed by atoms with Crippen LogP contribution in [0.4, 0.5) is 10.1 Å². The maximum atomic E-state index is 12.9. The van der Waals surface area contributed by atoms with Gasteiger partial charge in [0.25, 0.3) is 0 Å². The van der Waals surface area contributed by atoms with Gasteiger partial charge in [0.2, 0.25) is 0 Å². The molecule has 0 atom stereocenters. The summed E-state index contributed by atoms with van der Waals surface area (Å²) in [5.74, 6) is -0.183. The number of hydrogen-bond acceptors (Lipinski definition) is 2. The number of nitrogens with one attached hydrogen (secondary N) is 1. The average Bonchev–Trinajstić information content (AvgIpc) is 2.15. The molecule has 0 aliphatic heterocycles. The minimum Gasteiger partial charge on any atom is -0.384 e. The van der Waals surface area contributed by atoms with E-state index in [4.69, 9.17) is 0 Å². The van der Waals surface area contributed by atoms with E-state index in [9.17, 15) is 4.39 Å². The van der Waals surface area contributed by atoms with Gasteiger partial charge in [0.15, 0.2) is 0 Å². The summed E-state index contributed by atoms with van der Waals surface area (Å²) in [7, 11) is 2.16. The van der Waals surface area contributed by atoms with Crippen LogP contribution in [0.3, 0.4) is 0 Å². The Morgan fingerprint density at radius 2 is 2.25 bits per heavy atom. The van der Waals surface area contributed by atoms with Crippen molar-refractivity contribution in [2.45, 2.75) is 25.3 Å². The summed E-state index contributed by atoms with van der Waals surface area (Å²) in [6.07, 6.45) is 4.03. The van der Waals surface area contributed by atoms with Crippen LogP contribution in [0.2, 0.25) is 0 Å². The Bertz CT molecular complexity index is 336. The van der Waals surface area contributed by atoms with Crippen LogP contribution in [-0.2, 0) is 0 Å². The van der Waals surface area contributed by atoms with Gasteiger partial charge in [-0.1, -0.05) is 12.5 Å². The first kappa shape index (κ1) is 11.4. The Morgan fingerprint density at radius 3 is 2.88 bits per heavy atom. The van der Waals surface area contributed by atoms with Gasteiger partial charge in [0.1, 0.15) is 5.82 Å². The first-order chi connectivity index (χ1) is 7.75. The largest absolute Gasteiger partial charge is 0.384 e. The molecule has 0 radical (unpaired) electrons. The fourth-order valence-electron chi connectivity index (χ4n) is 1.99. The molecule has 0 aromatic heterocycles. The van der Waals surface area contributed by atoms with Crippen molar-refractivity contribution in [2.24, 2.45) is 0 Å². The van der Waals surface area contributed by atoms with Gasteiger partial charge in [0.05, 0.1) is 0 Å². The minimum atomic E-state index is -0.183. The first-order valence-corrected chi connectivity index (χ1v) is 5.95. The van der Waals surface area contributed by atoms with Crippen LogP contribution in [0, 0.1) is 5.82 Å². The van der Waals surface area contributed by atoms with E-state index < -0.39 is 0 Å². The Labute approximate surface area is 96.5 Å². The minimum absolute atomic E-state index is 0.183. The molecule has 2 rings (SSSR count). The summed E-state index contributed by atoms with van der Waals surface area (Å²) in [5.41, 5.74) is 0.863. The van der Waals surface area contributed by atoms with E-state index in [2.05, 4.69) is 17.3 Å². The van der Waals surface area contributed by atoms with Gasteiger partial charge in [-0.25, -0.2) is 4.39 Å². The fourth-order valence-corrected chi connectivity index (χ4v) is 1.99. The first-order valence-electron chi connectivity index (χ1n) is 5.95. The zero-order valence-electron chi connectivity index (χ0n) is 9.75. The second-order valence-corrected chi connectivity index (χ2v) is 4.50. The number of halogens is 1. The molecule has 1 fully saturated rings. The molecule has 88 valence electrons. The molecule has 0 unspecified atom stereocenters. The van der Waals surface area contributed by atoms with Gasteiger partial charge in [-0.05, 0) is 38.1 Å². The number of benzene rings is 1. The molecule has 1 aliphatic carbocycles. The van der Waals surface area contributed by atoms with E-state index in [1.54, 1.807) is 6.07 Å². The van der Waals surface area contributed by atoms with Gasteiger partial charge >= 0.3 is 0 Å². The summed E-state index contributed by atoms with van der Waals surface area (Å²) < 4.78 is 12.9. The lowest BCUT2D eigenvalue weighted by atomic mass is 9.92. The van der Waals surface area contributed by atoms with Crippen LogP contribution in [0.5, 0.6) is 0 Å². The standard InChI is InChI=1S/C13H19FN2/c1-16(13-6-3-7-13)9-8-15-12-5-2-4-11(14)10-12/h2,4-5,10,13,15H,3,6-9H2,1H3. The lowest BCUT2D eigenvalue weighted by Gasteiger charge is -2.34. The lowest BCUT2D eigenvalue weighted by Crippen LogP contribution is -2.39. The van der Waals surface area contributed by atoms with Gasteiger partial charge in [-0.3, -0.25) is 0 Å². The van der Waals surface area contributed by atoms with Gasteiger partial charge in [0, 0.05) is 24.8 Å². The molecule has 0 spiro atoms. The topological polar surface area (TPSA) is 15.3 Å². The second kappa shape index (κ2) is 5.30. The second-order valence-electron chi connectivity index (χ2n) is 4.50. The maximum Gasteiger partial charge on any atom is 0.125 e. The third-order valence-corrected chi connectivity index (χ3v) is 3.32. The molecule has 2 nitrogen and oxygen atoms in total. The molecule has 1 aliphatic rings. The highest BCUT2D eigenvalue weighted by atomic mass is 19.1. The molecule has 0 heterocycles. The summed E-state index contributed by atoms with van der Waals surface area (Å²) in [6, 6.07) is 7.39. The predicted octanol–water partition coefficient (Wildman–Crippen LogP) is 2.72. The van der Waals surface area contributed by atoms with Crippen LogP contribution in [0.25, 0.3) is 0 Å². The number of anilines is 1. The molecular weight excluding hydrogens is 203 g/mol. The molecule has 0 bridgehead atoms. The molecule has 3 heteroatoms. The lowest BCUT2D eigenvalue weighted by molar-refractivity contribution is 0.165. The molecule has 1 aromatic carbocycles. The van der Waals surface area contributed by atoms with Crippen molar-refractivity contribution < 1.29 is 4.39 Å². The Morgan fingerprint density at radius 1 is 1.44 bits per heavy atom. The molecule has 16 heavy (non-hydrogen) atoms. The van der Waals surface area contributed by atoms with Crippen molar-refractivity contribution in [3.63, 3.8) is 0 Å². The van der Waals surface area contributed by atoms with Gasteiger partial charge in [-0.15, -0.1) is 0 Å². The fraction of sp³-hybridized carbons (Fsp3) is 0.538. The Balaban J connectivity index is 1.71. The smallest absolute Gasteiger partial charge is 0.125 e. The van der Waals surface area contributed by atoms with Crippen molar-refractivity contribution in [3.8, 4) is 0 Å². The summed E-state index contributed by atoms with van der Waals surface area (Å²) in [6.45, 7) is 1.89. The van der Waals surface area contributed by atoms with Crippen molar-refractivity contribution >= 4 is 5.69 Å². The van der Waals surface area contributed by atoms with Crippen LogP contribution in [-0.4, -0.2) is 31.1 Å². The molecule has 1 aromatic rings. The maximum absolute atomic E-state index is 12.9. The number of hydrogen-bond donors (Lipinski definition) is 1. The quantitative estimate of drug-likeness (QED) is 0.824. The summed E-state index contributed by atoms with van der Waals surface area (Å²) in [5, 5.41) is 3.24. The monoisotopic (exact) mass is 222 g/mol. The Hall–Kier alpha value is -1.09.